The van der Waals surface area contributed by atoms with E-state index in [0.29, 0.717) is 6.42 Å². The average Bonchev–Trinajstić information content (AvgIpc) is 2.77. The number of carbonyl (C=O) groups excluding carboxylic acids is 1. The minimum atomic E-state index is -0.414. The normalized spacial score (nSPS) is 12.6. The molecule has 1 atom stereocenters. The Kier molecular flexibility index (Phi) is 8.40. The number of hydrogen-bond acceptors (Lipinski definition) is 3. The number of aliphatic hydroxyl groups is 1. The van der Waals surface area contributed by atoms with Gasteiger partial charge in [0.05, 0.1) is 12.3 Å². The lowest BCUT2D eigenvalue weighted by Gasteiger charge is -2.10. The summed E-state index contributed by atoms with van der Waals surface area (Å²) in [5, 5.41) is 18.8. The van der Waals surface area contributed by atoms with Crippen LogP contribution in [0.3, 0.4) is 0 Å². The van der Waals surface area contributed by atoms with Crippen LogP contribution < -0.4 is 5.43 Å². The third-order valence-corrected chi connectivity index (χ3v) is 5.54. The van der Waals surface area contributed by atoms with Crippen molar-refractivity contribution in [1.29, 1.82) is 0 Å². The Balaban J connectivity index is 1.56. The van der Waals surface area contributed by atoms with Crippen molar-refractivity contribution in [3.05, 3.63) is 60.2 Å². The van der Waals surface area contributed by atoms with Crippen LogP contribution in [-0.2, 0) is 4.79 Å². The van der Waals surface area contributed by atoms with Crippen LogP contribution in [-0.4, -0.2) is 23.3 Å². The number of nitrogens with zero attached hydrogens (tertiary/aromatic N) is 1. The van der Waals surface area contributed by atoms with Crippen LogP contribution in [0.25, 0.3) is 21.5 Å². The fraction of sp³-hybridized carbons (Fsp3) is 0.385. The quantitative estimate of drug-likeness (QED) is 0.180. The van der Waals surface area contributed by atoms with Gasteiger partial charge in [-0.05, 0) is 40.5 Å². The van der Waals surface area contributed by atoms with Crippen LogP contribution in [0.5, 0.6) is 0 Å². The average molecular weight is 405 g/mol. The van der Waals surface area contributed by atoms with Gasteiger partial charge < -0.3 is 5.11 Å². The monoisotopic (exact) mass is 404 g/mol. The molecule has 30 heavy (non-hydrogen) atoms. The zero-order valence-electron chi connectivity index (χ0n) is 17.8. The van der Waals surface area contributed by atoms with Gasteiger partial charge in [0.2, 0.25) is 5.91 Å². The predicted molar refractivity (Wildman–Crippen MR) is 126 cm³/mol. The molecule has 4 nitrogen and oxygen atoms in total. The molecule has 4 heteroatoms. The summed E-state index contributed by atoms with van der Waals surface area (Å²) in [7, 11) is 0. The van der Waals surface area contributed by atoms with E-state index in [9.17, 15) is 9.90 Å². The number of hydrogen-bond donors (Lipinski definition) is 2. The maximum atomic E-state index is 12.1. The van der Waals surface area contributed by atoms with Crippen molar-refractivity contribution in [2.75, 3.05) is 0 Å². The molecule has 0 radical (unpaired) electrons. The first kappa shape index (κ1) is 22.0. The zero-order valence-corrected chi connectivity index (χ0v) is 17.8. The van der Waals surface area contributed by atoms with E-state index < -0.39 is 6.10 Å². The Morgan fingerprint density at radius 3 is 2.27 bits per heavy atom. The summed E-state index contributed by atoms with van der Waals surface area (Å²) in [6, 6.07) is 18.5. The van der Waals surface area contributed by atoms with Gasteiger partial charge in [0, 0.05) is 12.0 Å². The maximum Gasteiger partial charge on any atom is 0.240 e. The molecule has 1 unspecified atom stereocenters. The molecule has 1 amide bonds. The smallest absolute Gasteiger partial charge is 0.240 e. The highest BCUT2D eigenvalue weighted by atomic mass is 16.3. The van der Waals surface area contributed by atoms with Crippen LogP contribution in [0.1, 0.15) is 63.9 Å². The second kappa shape index (κ2) is 11.5. The Bertz CT molecular complexity index is 943. The topological polar surface area (TPSA) is 61.7 Å². The summed E-state index contributed by atoms with van der Waals surface area (Å²) in [4.78, 5) is 12.1. The van der Waals surface area contributed by atoms with Gasteiger partial charge in [-0.2, -0.15) is 5.10 Å². The van der Waals surface area contributed by atoms with E-state index in [1.54, 1.807) is 6.21 Å². The van der Waals surface area contributed by atoms with Crippen molar-refractivity contribution in [1.82, 2.24) is 5.43 Å². The molecule has 0 aliphatic carbocycles. The zero-order chi connectivity index (χ0) is 21.2. The second-order valence-electron chi connectivity index (χ2n) is 7.92. The molecule has 0 aliphatic rings. The fourth-order valence-electron chi connectivity index (χ4n) is 3.84. The van der Waals surface area contributed by atoms with Gasteiger partial charge in [-0.25, -0.2) is 5.43 Å². The minimum Gasteiger partial charge on any atom is -0.393 e. The fourth-order valence-corrected chi connectivity index (χ4v) is 3.84. The first-order valence-electron chi connectivity index (χ1n) is 11.1. The van der Waals surface area contributed by atoms with Gasteiger partial charge in [0.25, 0.3) is 0 Å². The van der Waals surface area contributed by atoms with E-state index in [4.69, 9.17) is 0 Å². The molecule has 0 saturated carbocycles. The summed E-state index contributed by atoms with van der Waals surface area (Å²) in [6.07, 6.45) is 8.71. The highest BCUT2D eigenvalue weighted by Gasteiger charge is 2.08. The minimum absolute atomic E-state index is 0.166. The van der Waals surface area contributed by atoms with Crippen LogP contribution in [0.2, 0.25) is 0 Å². The molecule has 0 bridgehead atoms. The highest BCUT2D eigenvalue weighted by molar-refractivity contribution is 6.13. The number of benzene rings is 3. The molecule has 158 valence electrons. The molecule has 0 aliphatic heterocycles. The van der Waals surface area contributed by atoms with Gasteiger partial charge in [-0.15, -0.1) is 0 Å². The van der Waals surface area contributed by atoms with E-state index >= 15 is 0 Å². The Morgan fingerprint density at radius 2 is 1.60 bits per heavy atom. The van der Waals surface area contributed by atoms with Gasteiger partial charge in [-0.1, -0.05) is 87.6 Å². The molecular formula is C26H32N2O2. The first-order valence-corrected chi connectivity index (χ1v) is 11.1. The summed E-state index contributed by atoms with van der Waals surface area (Å²) in [5.74, 6) is -0.166. The van der Waals surface area contributed by atoms with Crippen molar-refractivity contribution in [3.8, 4) is 0 Å². The number of fused-ring (bicyclic) bond motifs is 2. The van der Waals surface area contributed by atoms with Crippen LogP contribution in [0.15, 0.2) is 59.7 Å². The number of carbonyl (C=O) groups is 1. The van der Waals surface area contributed by atoms with Gasteiger partial charge in [0.15, 0.2) is 0 Å². The van der Waals surface area contributed by atoms with E-state index in [1.165, 1.54) is 19.3 Å². The molecule has 0 saturated heterocycles. The van der Waals surface area contributed by atoms with Crippen molar-refractivity contribution < 1.29 is 9.90 Å². The molecule has 3 aromatic carbocycles. The second-order valence-corrected chi connectivity index (χ2v) is 7.92. The third-order valence-electron chi connectivity index (χ3n) is 5.54. The molecule has 0 spiro atoms. The standard InChI is InChI=1S/C26H32N2O2/c1-2-3-4-5-6-13-22(29)16-17-26(30)28-27-19-25-23-14-9-7-11-20(23)18-21-12-8-10-15-24(21)25/h7-12,14-15,18-19,22,29H,2-6,13,16-17H2,1H3,(H,28,30). The molecular weight excluding hydrogens is 372 g/mol. The number of nitrogens with one attached hydrogen (secondary N) is 1. The van der Waals surface area contributed by atoms with Crippen LogP contribution >= 0.6 is 0 Å². The molecule has 0 fully saturated rings. The summed E-state index contributed by atoms with van der Waals surface area (Å²) < 4.78 is 0. The summed E-state index contributed by atoms with van der Waals surface area (Å²) in [5.41, 5.74) is 3.62. The molecule has 2 N–H and O–H groups in total. The first-order chi connectivity index (χ1) is 14.7. The van der Waals surface area contributed by atoms with Gasteiger partial charge >= 0.3 is 0 Å². The number of aliphatic hydroxyl groups excluding tert-OH is 1. The highest BCUT2D eigenvalue weighted by Crippen LogP contribution is 2.27. The number of hydrazone groups is 1. The summed E-state index contributed by atoms with van der Waals surface area (Å²) in [6.45, 7) is 2.19. The van der Waals surface area contributed by atoms with E-state index in [-0.39, 0.29) is 12.3 Å². The van der Waals surface area contributed by atoms with Crippen molar-refractivity contribution >= 4 is 33.7 Å². The lowest BCUT2D eigenvalue weighted by atomic mass is 9.97. The molecule has 0 heterocycles. The van der Waals surface area contributed by atoms with Crippen molar-refractivity contribution in [3.63, 3.8) is 0 Å². The van der Waals surface area contributed by atoms with Gasteiger partial charge in [0.1, 0.15) is 0 Å². The van der Waals surface area contributed by atoms with Crippen molar-refractivity contribution in [2.45, 2.75) is 64.4 Å². The van der Waals surface area contributed by atoms with Gasteiger partial charge in [-0.3, -0.25) is 4.79 Å². The largest absolute Gasteiger partial charge is 0.393 e. The number of rotatable bonds is 11. The summed E-state index contributed by atoms with van der Waals surface area (Å²) >= 11 is 0. The molecule has 0 aromatic heterocycles. The van der Waals surface area contributed by atoms with Crippen LogP contribution in [0.4, 0.5) is 0 Å². The number of unbranched alkanes of at least 4 members (excludes halogenated alkanes) is 4. The van der Waals surface area contributed by atoms with E-state index in [2.05, 4.69) is 47.8 Å². The Hall–Kier alpha value is -2.72. The van der Waals surface area contributed by atoms with E-state index in [0.717, 1.165) is 46.4 Å². The Labute approximate surface area is 179 Å². The maximum absolute atomic E-state index is 12.1. The molecule has 3 rings (SSSR count). The SMILES string of the molecule is CCCCCCCC(O)CCC(=O)NN=Cc1c2ccccc2cc2ccccc12. The number of amides is 1. The Morgan fingerprint density at radius 1 is 0.967 bits per heavy atom. The predicted octanol–water partition coefficient (Wildman–Crippen LogP) is 5.94. The van der Waals surface area contributed by atoms with Crippen molar-refractivity contribution in [2.24, 2.45) is 5.10 Å². The van der Waals surface area contributed by atoms with E-state index in [1.807, 2.05) is 24.3 Å². The van der Waals surface area contributed by atoms with Crippen LogP contribution in [0, 0.1) is 0 Å². The lowest BCUT2D eigenvalue weighted by molar-refractivity contribution is -0.121. The third kappa shape index (κ3) is 6.14. The lowest BCUT2D eigenvalue weighted by Crippen LogP contribution is -2.19. The molecule has 3 aromatic rings.